The molecule has 0 aliphatic heterocycles. The van der Waals surface area contributed by atoms with Crippen molar-refractivity contribution in [2.24, 2.45) is 0 Å². The maximum atomic E-state index is 9.74. The Morgan fingerprint density at radius 1 is 1.04 bits per heavy atom. The molecule has 0 bridgehead atoms. The van der Waals surface area contributed by atoms with Gasteiger partial charge in [0.2, 0.25) is 0 Å². The van der Waals surface area contributed by atoms with E-state index in [1.165, 1.54) is 11.1 Å². The molecule has 0 aromatic rings. The van der Waals surface area contributed by atoms with Crippen LogP contribution >= 0.6 is 0 Å². The summed E-state index contributed by atoms with van der Waals surface area (Å²) in [7, 11) is -2.11. The number of hydrogen-bond acceptors (Lipinski definition) is 2. The van der Waals surface area contributed by atoms with Crippen molar-refractivity contribution in [3.8, 4) is 6.07 Å². The average molecular weight is 388 g/mol. The van der Waals surface area contributed by atoms with Crippen LogP contribution in [0.3, 0.4) is 0 Å². The number of nitrogens with zero attached hydrogens (tertiary/aromatic N) is 1. The van der Waals surface area contributed by atoms with E-state index in [0.717, 1.165) is 18.6 Å². The van der Waals surface area contributed by atoms with E-state index >= 15 is 0 Å². The minimum atomic E-state index is -2.11. The maximum Gasteiger partial charge on any atom is 0.258 e. The van der Waals surface area contributed by atoms with Crippen molar-refractivity contribution in [1.29, 1.82) is 5.26 Å². The van der Waals surface area contributed by atoms with Crippen LogP contribution in [-0.4, -0.2) is 8.32 Å². The summed E-state index contributed by atoms with van der Waals surface area (Å²) in [5.74, 6) is 0.773. The largest absolute Gasteiger partial charge is 0.542 e. The monoisotopic (exact) mass is 387 g/mol. The predicted molar refractivity (Wildman–Crippen MR) is 122 cm³/mol. The van der Waals surface area contributed by atoms with E-state index in [-0.39, 0.29) is 0 Å². The summed E-state index contributed by atoms with van der Waals surface area (Å²) >= 11 is 0. The van der Waals surface area contributed by atoms with Crippen LogP contribution in [0, 0.1) is 11.3 Å². The molecular weight excluding hydrogens is 346 g/mol. The normalized spacial score (nSPS) is 13.5. The van der Waals surface area contributed by atoms with E-state index in [4.69, 9.17) is 4.43 Å². The summed E-state index contributed by atoms with van der Waals surface area (Å²) in [6.07, 6.45) is 8.69. The standard InChI is InChI=1S/C24H41NOSi/c1-11-13-23(17-25)24(16-22(10)15-12-14-18(2)3)26-27(19(4)5,20(6)7)21(8)9/h11,14,16,19-21H,1,12-13,15H2,2-10H3/b22-16+,24-23-. The van der Waals surface area contributed by atoms with Gasteiger partial charge in [0, 0.05) is 6.42 Å². The third kappa shape index (κ3) is 7.54. The van der Waals surface area contributed by atoms with Gasteiger partial charge in [-0.05, 0) is 56.3 Å². The fourth-order valence-electron chi connectivity index (χ4n) is 3.95. The second-order valence-corrected chi connectivity index (χ2v) is 14.1. The maximum absolute atomic E-state index is 9.74. The van der Waals surface area contributed by atoms with Gasteiger partial charge in [-0.25, -0.2) is 0 Å². The molecule has 0 rings (SSSR count). The highest BCUT2D eigenvalue weighted by molar-refractivity contribution is 6.77. The van der Waals surface area contributed by atoms with Crippen LogP contribution < -0.4 is 0 Å². The Morgan fingerprint density at radius 3 is 1.93 bits per heavy atom. The van der Waals surface area contributed by atoms with Gasteiger partial charge < -0.3 is 4.43 Å². The molecule has 0 aliphatic carbocycles. The van der Waals surface area contributed by atoms with Crippen LogP contribution in [0.1, 0.15) is 81.6 Å². The molecule has 3 heteroatoms. The van der Waals surface area contributed by atoms with Gasteiger partial charge in [-0.2, -0.15) is 5.26 Å². The number of allylic oxidation sites excluding steroid dienone is 6. The molecule has 0 heterocycles. The molecule has 0 unspecified atom stereocenters. The molecule has 2 nitrogen and oxygen atoms in total. The molecular formula is C24H41NOSi. The zero-order valence-corrected chi connectivity index (χ0v) is 20.1. The highest BCUT2D eigenvalue weighted by Gasteiger charge is 2.47. The summed E-state index contributed by atoms with van der Waals surface area (Å²) in [6, 6.07) is 2.37. The number of hydrogen-bond donors (Lipinski definition) is 0. The van der Waals surface area contributed by atoms with Crippen molar-refractivity contribution in [3.05, 3.63) is 47.3 Å². The predicted octanol–water partition coefficient (Wildman–Crippen LogP) is 8.22. The summed E-state index contributed by atoms with van der Waals surface area (Å²) in [5.41, 5.74) is 4.68. The fourth-order valence-corrected chi connectivity index (χ4v) is 9.22. The number of nitriles is 1. The molecule has 0 saturated heterocycles. The highest BCUT2D eigenvalue weighted by atomic mass is 28.4. The van der Waals surface area contributed by atoms with Crippen molar-refractivity contribution >= 4 is 8.32 Å². The van der Waals surface area contributed by atoms with Crippen LogP contribution in [0.15, 0.2) is 47.3 Å². The van der Waals surface area contributed by atoms with Gasteiger partial charge in [-0.15, -0.1) is 6.58 Å². The summed E-state index contributed by atoms with van der Waals surface area (Å²) in [5, 5.41) is 9.74. The number of rotatable bonds is 11. The average Bonchev–Trinajstić information content (AvgIpc) is 2.55. The highest BCUT2D eigenvalue weighted by Crippen LogP contribution is 2.44. The quantitative estimate of drug-likeness (QED) is 0.118. The molecule has 0 saturated carbocycles. The van der Waals surface area contributed by atoms with Crippen molar-refractivity contribution in [1.82, 2.24) is 0 Å². The zero-order valence-electron chi connectivity index (χ0n) is 19.1. The summed E-state index contributed by atoms with van der Waals surface area (Å²) in [6.45, 7) is 23.8. The van der Waals surface area contributed by atoms with E-state index in [0.29, 0.717) is 28.6 Å². The minimum Gasteiger partial charge on any atom is -0.542 e. The van der Waals surface area contributed by atoms with Gasteiger partial charge >= 0.3 is 0 Å². The minimum absolute atomic E-state index is 0.468. The van der Waals surface area contributed by atoms with Gasteiger partial charge in [0.15, 0.2) is 0 Å². The molecule has 27 heavy (non-hydrogen) atoms. The molecule has 0 radical (unpaired) electrons. The van der Waals surface area contributed by atoms with E-state index in [1.807, 2.05) is 0 Å². The first-order valence-electron chi connectivity index (χ1n) is 10.3. The Morgan fingerprint density at radius 2 is 1.56 bits per heavy atom. The van der Waals surface area contributed by atoms with Crippen LogP contribution in [0.4, 0.5) is 0 Å². The van der Waals surface area contributed by atoms with E-state index < -0.39 is 8.32 Å². The smallest absolute Gasteiger partial charge is 0.258 e. The van der Waals surface area contributed by atoms with Crippen LogP contribution in [0.25, 0.3) is 0 Å². The summed E-state index contributed by atoms with van der Waals surface area (Å²) in [4.78, 5) is 0. The van der Waals surface area contributed by atoms with Crippen LogP contribution in [0.5, 0.6) is 0 Å². The second kappa shape index (κ2) is 12.0. The molecule has 0 atom stereocenters. The SMILES string of the molecule is C=CC/C(C#N)=C(\C=C(/C)CCC=C(C)C)O[Si](C(C)C)(C(C)C)C(C)C. The molecule has 0 aromatic heterocycles. The van der Waals surface area contributed by atoms with E-state index in [9.17, 15) is 5.26 Å². The Hall–Kier alpha value is -1.53. The Balaban J connectivity index is 6.12. The lowest BCUT2D eigenvalue weighted by atomic mass is 10.1. The molecule has 0 aromatic carbocycles. The molecule has 0 aliphatic rings. The first kappa shape index (κ1) is 25.5. The topological polar surface area (TPSA) is 33.0 Å². The van der Waals surface area contributed by atoms with E-state index in [1.54, 1.807) is 6.08 Å². The van der Waals surface area contributed by atoms with Crippen molar-refractivity contribution in [2.45, 2.75) is 98.2 Å². The molecule has 152 valence electrons. The molecule has 0 amide bonds. The van der Waals surface area contributed by atoms with Crippen molar-refractivity contribution < 1.29 is 4.43 Å². The van der Waals surface area contributed by atoms with Crippen LogP contribution in [0.2, 0.25) is 16.6 Å². The Labute approximate surface area is 169 Å². The van der Waals surface area contributed by atoms with E-state index in [2.05, 4.69) is 87.1 Å². The molecule has 0 spiro atoms. The van der Waals surface area contributed by atoms with Crippen molar-refractivity contribution in [2.75, 3.05) is 0 Å². The molecule has 0 fully saturated rings. The second-order valence-electron chi connectivity index (χ2n) is 8.68. The zero-order chi connectivity index (χ0) is 21.2. The first-order valence-corrected chi connectivity index (χ1v) is 12.4. The van der Waals surface area contributed by atoms with Gasteiger partial charge in [0.05, 0.1) is 11.6 Å². The lowest BCUT2D eigenvalue weighted by Gasteiger charge is -2.42. The Bertz CT molecular complexity index is 589. The summed E-state index contributed by atoms with van der Waals surface area (Å²) < 4.78 is 6.88. The van der Waals surface area contributed by atoms with Crippen LogP contribution in [-0.2, 0) is 4.43 Å². The molecule has 0 N–H and O–H groups in total. The third-order valence-electron chi connectivity index (χ3n) is 5.24. The first-order chi connectivity index (χ1) is 12.5. The fraction of sp³-hybridized carbons (Fsp3) is 0.625. The lowest BCUT2D eigenvalue weighted by Crippen LogP contribution is -2.47. The van der Waals surface area contributed by atoms with Gasteiger partial charge in [-0.3, -0.25) is 0 Å². The van der Waals surface area contributed by atoms with Crippen molar-refractivity contribution in [3.63, 3.8) is 0 Å². The van der Waals surface area contributed by atoms with Gasteiger partial charge in [-0.1, -0.05) is 64.8 Å². The van der Waals surface area contributed by atoms with Gasteiger partial charge in [0.25, 0.3) is 8.32 Å². The lowest BCUT2D eigenvalue weighted by molar-refractivity contribution is 0.382. The Kier molecular flexibility index (Phi) is 11.3. The van der Waals surface area contributed by atoms with Gasteiger partial charge in [0.1, 0.15) is 5.76 Å². The third-order valence-corrected chi connectivity index (χ3v) is 11.2.